The van der Waals surface area contributed by atoms with Crippen molar-refractivity contribution in [1.82, 2.24) is 5.32 Å². The fourth-order valence-electron chi connectivity index (χ4n) is 2.73. The zero-order valence-corrected chi connectivity index (χ0v) is 13.7. The van der Waals surface area contributed by atoms with E-state index < -0.39 is 0 Å². The van der Waals surface area contributed by atoms with E-state index in [4.69, 9.17) is 0 Å². The average Bonchev–Trinajstić information content (AvgIpc) is 3.36. The van der Waals surface area contributed by atoms with Crippen molar-refractivity contribution in [3.63, 3.8) is 0 Å². The first kappa shape index (κ1) is 16.1. The number of thioether (sulfide) groups is 1. The predicted molar refractivity (Wildman–Crippen MR) is 92.0 cm³/mol. The van der Waals surface area contributed by atoms with Crippen LogP contribution in [0.4, 0.5) is 4.39 Å². The Morgan fingerprint density at radius 2 is 1.87 bits per heavy atom. The van der Waals surface area contributed by atoms with E-state index in [1.165, 1.54) is 11.0 Å². The molecule has 23 heavy (non-hydrogen) atoms. The highest BCUT2D eigenvalue weighted by Gasteiger charge is 2.44. The molecule has 4 heteroatoms. The summed E-state index contributed by atoms with van der Waals surface area (Å²) in [4.78, 5) is 13.3. The third kappa shape index (κ3) is 4.35. The molecule has 0 bridgehead atoms. The van der Waals surface area contributed by atoms with Crippen molar-refractivity contribution in [1.29, 1.82) is 0 Å². The van der Waals surface area contributed by atoms with E-state index >= 15 is 0 Å². The Hall–Kier alpha value is -1.81. The van der Waals surface area contributed by atoms with Crippen molar-refractivity contribution >= 4 is 17.7 Å². The lowest BCUT2D eigenvalue weighted by Crippen LogP contribution is -2.26. The van der Waals surface area contributed by atoms with Crippen LogP contribution in [-0.4, -0.2) is 18.2 Å². The van der Waals surface area contributed by atoms with E-state index in [0.29, 0.717) is 12.1 Å². The zero-order chi connectivity index (χ0) is 16.1. The average molecular weight is 329 g/mol. The predicted octanol–water partition coefficient (Wildman–Crippen LogP) is 4.23. The second kappa shape index (κ2) is 7.64. The molecule has 0 saturated heterocycles. The van der Waals surface area contributed by atoms with Crippen LogP contribution in [0, 0.1) is 11.7 Å². The molecule has 0 aliphatic heterocycles. The molecule has 0 spiro atoms. The number of hydrogen-bond donors (Lipinski definition) is 1. The number of halogens is 1. The summed E-state index contributed by atoms with van der Waals surface area (Å²) in [7, 11) is 0. The molecule has 2 nitrogen and oxygen atoms in total. The van der Waals surface area contributed by atoms with Gasteiger partial charge in [-0.2, -0.15) is 0 Å². The van der Waals surface area contributed by atoms with Gasteiger partial charge in [0.2, 0.25) is 5.91 Å². The van der Waals surface area contributed by atoms with Gasteiger partial charge >= 0.3 is 0 Å². The van der Waals surface area contributed by atoms with Crippen LogP contribution < -0.4 is 5.32 Å². The van der Waals surface area contributed by atoms with Gasteiger partial charge in [-0.05, 0) is 48.3 Å². The molecule has 1 amide bonds. The first-order chi connectivity index (χ1) is 11.3. The number of benzene rings is 2. The van der Waals surface area contributed by atoms with Crippen LogP contribution >= 0.6 is 11.8 Å². The van der Waals surface area contributed by atoms with Crippen molar-refractivity contribution in [3.8, 4) is 0 Å². The van der Waals surface area contributed by atoms with Gasteiger partial charge in [-0.25, -0.2) is 4.39 Å². The van der Waals surface area contributed by atoms with Gasteiger partial charge in [0.15, 0.2) is 0 Å². The Bertz CT molecular complexity index is 661. The van der Waals surface area contributed by atoms with Gasteiger partial charge in [0.1, 0.15) is 5.82 Å². The summed E-state index contributed by atoms with van der Waals surface area (Å²) >= 11 is 1.79. The highest BCUT2D eigenvalue weighted by Crippen LogP contribution is 2.48. The molecule has 1 fully saturated rings. The van der Waals surface area contributed by atoms with Crippen molar-refractivity contribution in [2.75, 3.05) is 12.3 Å². The minimum atomic E-state index is -0.202. The second-order valence-electron chi connectivity index (χ2n) is 5.78. The van der Waals surface area contributed by atoms with Crippen molar-refractivity contribution in [2.45, 2.75) is 23.7 Å². The summed E-state index contributed by atoms with van der Waals surface area (Å²) in [5.41, 5.74) is 0.673. The molecule has 1 aliphatic rings. The van der Waals surface area contributed by atoms with Crippen LogP contribution in [0.25, 0.3) is 0 Å². The third-order valence-electron chi connectivity index (χ3n) is 4.06. The molecule has 2 aromatic rings. The number of nitrogens with one attached hydrogen (secondary N) is 1. The van der Waals surface area contributed by atoms with Gasteiger partial charge in [-0.3, -0.25) is 4.79 Å². The summed E-state index contributed by atoms with van der Waals surface area (Å²) in [6.07, 6.45) is 1.69. The van der Waals surface area contributed by atoms with Gasteiger partial charge in [-0.15, -0.1) is 11.8 Å². The van der Waals surface area contributed by atoms with Crippen molar-refractivity contribution < 1.29 is 9.18 Å². The SMILES string of the molecule is O=C(NCCCSc1ccccc1)C1CC1c1ccccc1F. The molecule has 0 radical (unpaired) electrons. The van der Waals surface area contributed by atoms with Crippen LogP contribution in [0.1, 0.15) is 24.3 Å². The van der Waals surface area contributed by atoms with Gasteiger partial charge in [-0.1, -0.05) is 36.4 Å². The number of hydrogen-bond acceptors (Lipinski definition) is 2. The summed E-state index contributed by atoms with van der Waals surface area (Å²) in [6, 6.07) is 17.0. The van der Waals surface area contributed by atoms with Gasteiger partial charge in [0, 0.05) is 17.4 Å². The van der Waals surface area contributed by atoms with Gasteiger partial charge in [0.05, 0.1) is 0 Å². The van der Waals surface area contributed by atoms with Crippen LogP contribution in [0.5, 0.6) is 0 Å². The number of amides is 1. The molecule has 2 aromatic carbocycles. The Morgan fingerprint density at radius 1 is 1.13 bits per heavy atom. The van der Waals surface area contributed by atoms with E-state index in [0.717, 1.165) is 18.6 Å². The Morgan fingerprint density at radius 3 is 2.65 bits per heavy atom. The van der Waals surface area contributed by atoms with Gasteiger partial charge < -0.3 is 5.32 Å². The fourth-order valence-corrected chi connectivity index (χ4v) is 3.60. The first-order valence-corrected chi connectivity index (χ1v) is 8.94. The van der Waals surface area contributed by atoms with E-state index in [2.05, 4.69) is 17.4 Å². The Balaban J connectivity index is 1.36. The molecule has 1 aliphatic carbocycles. The molecule has 0 heterocycles. The lowest BCUT2D eigenvalue weighted by Gasteiger charge is -2.06. The lowest BCUT2D eigenvalue weighted by molar-refractivity contribution is -0.122. The molecule has 2 unspecified atom stereocenters. The minimum Gasteiger partial charge on any atom is -0.356 e. The maximum atomic E-state index is 13.7. The van der Waals surface area contributed by atoms with Crippen LogP contribution in [0.2, 0.25) is 0 Å². The molecule has 1 saturated carbocycles. The fraction of sp³-hybridized carbons (Fsp3) is 0.316. The molecule has 3 rings (SSSR count). The molecule has 1 N–H and O–H groups in total. The molecule has 0 aromatic heterocycles. The Kier molecular flexibility index (Phi) is 5.34. The molecular weight excluding hydrogens is 309 g/mol. The largest absolute Gasteiger partial charge is 0.356 e. The van der Waals surface area contributed by atoms with E-state index in [1.807, 2.05) is 24.3 Å². The van der Waals surface area contributed by atoms with E-state index in [1.54, 1.807) is 23.9 Å². The van der Waals surface area contributed by atoms with Crippen LogP contribution in [0.15, 0.2) is 59.5 Å². The highest BCUT2D eigenvalue weighted by molar-refractivity contribution is 7.99. The Labute approximate surface area is 140 Å². The number of rotatable bonds is 7. The van der Waals surface area contributed by atoms with Crippen LogP contribution in [0.3, 0.4) is 0 Å². The maximum Gasteiger partial charge on any atom is 0.223 e. The van der Waals surface area contributed by atoms with Crippen LogP contribution in [-0.2, 0) is 4.79 Å². The summed E-state index contributed by atoms with van der Waals surface area (Å²) < 4.78 is 13.7. The molecular formula is C19H20FNOS. The number of carbonyl (C=O) groups excluding carboxylic acids is 1. The first-order valence-electron chi connectivity index (χ1n) is 7.95. The highest BCUT2D eigenvalue weighted by atomic mass is 32.2. The van der Waals surface area contributed by atoms with Gasteiger partial charge in [0.25, 0.3) is 0 Å². The topological polar surface area (TPSA) is 29.1 Å². The molecule has 2 atom stereocenters. The quantitative estimate of drug-likeness (QED) is 0.608. The molecule has 120 valence electrons. The minimum absolute atomic E-state index is 0.0508. The maximum absolute atomic E-state index is 13.7. The van der Waals surface area contributed by atoms with E-state index in [-0.39, 0.29) is 23.6 Å². The normalized spacial score (nSPS) is 19.3. The standard InChI is InChI=1S/C19H20FNOS/c20-18-10-5-4-9-15(18)16-13-17(16)19(22)21-11-6-12-23-14-7-2-1-3-8-14/h1-5,7-10,16-17H,6,11-13H2,(H,21,22). The van der Waals surface area contributed by atoms with Crippen molar-refractivity contribution in [3.05, 3.63) is 66.0 Å². The zero-order valence-electron chi connectivity index (χ0n) is 12.9. The second-order valence-corrected chi connectivity index (χ2v) is 6.94. The lowest BCUT2D eigenvalue weighted by atomic mass is 10.1. The summed E-state index contributed by atoms with van der Waals surface area (Å²) in [5, 5.41) is 2.98. The summed E-state index contributed by atoms with van der Waals surface area (Å²) in [5.74, 6) is 0.824. The van der Waals surface area contributed by atoms with E-state index in [9.17, 15) is 9.18 Å². The smallest absolute Gasteiger partial charge is 0.223 e. The van der Waals surface area contributed by atoms with Crippen molar-refractivity contribution in [2.24, 2.45) is 5.92 Å². The monoisotopic (exact) mass is 329 g/mol. The third-order valence-corrected chi connectivity index (χ3v) is 5.16. The number of carbonyl (C=O) groups is 1. The summed E-state index contributed by atoms with van der Waals surface area (Å²) in [6.45, 7) is 0.680.